The Labute approximate surface area is 110 Å². The molecule has 0 unspecified atom stereocenters. The Morgan fingerprint density at radius 1 is 1.53 bits per heavy atom. The molecule has 4 heteroatoms. The molecular formula is C13H17BrN2O. The number of hydrogen-bond donors (Lipinski definition) is 1. The minimum absolute atomic E-state index is 0.0344. The van der Waals surface area contributed by atoms with Gasteiger partial charge in [-0.05, 0) is 32.0 Å². The SMILES string of the molecule is C=CCN(C(=O)c1cc(N)cc(Br)c1)C(C)C. The van der Waals surface area contributed by atoms with Crippen molar-refractivity contribution in [3.63, 3.8) is 0 Å². The second-order valence-electron chi connectivity index (χ2n) is 4.11. The summed E-state index contributed by atoms with van der Waals surface area (Å²) in [6.45, 7) is 8.15. The Morgan fingerprint density at radius 2 is 2.18 bits per heavy atom. The Morgan fingerprint density at radius 3 is 2.65 bits per heavy atom. The van der Waals surface area contributed by atoms with Crippen molar-refractivity contribution >= 4 is 27.5 Å². The van der Waals surface area contributed by atoms with Gasteiger partial charge in [0.05, 0.1) is 0 Å². The Hall–Kier alpha value is -1.29. The molecule has 0 fully saturated rings. The van der Waals surface area contributed by atoms with Crippen LogP contribution < -0.4 is 5.73 Å². The van der Waals surface area contributed by atoms with Crippen molar-refractivity contribution in [3.05, 3.63) is 40.9 Å². The lowest BCUT2D eigenvalue weighted by molar-refractivity contribution is 0.0728. The highest BCUT2D eigenvalue weighted by molar-refractivity contribution is 9.10. The van der Waals surface area contributed by atoms with Crippen LogP contribution in [-0.2, 0) is 0 Å². The molecule has 0 aliphatic heterocycles. The number of nitrogens with two attached hydrogens (primary N) is 1. The maximum Gasteiger partial charge on any atom is 0.254 e. The van der Waals surface area contributed by atoms with Crippen LogP contribution in [0.2, 0.25) is 0 Å². The molecule has 0 spiro atoms. The van der Waals surface area contributed by atoms with Crippen LogP contribution in [0.5, 0.6) is 0 Å². The molecule has 0 saturated heterocycles. The van der Waals surface area contributed by atoms with Gasteiger partial charge in [-0.2, -0.15) is 0 Å². The smallest absolute Gasteiger partial charge is 0.254 e. The largest absolute Gasteiger partial charge is 0.399 e. The van der Waals surface area contributed by atoms with E-state index in [9.17, 15) is 4.79 Å². The fourth-order valence-electron chi connectivity index (χ4n) is 1.57. The van der Waals surface area contributed by atoms with Crippen LogP contribution in [0.15, 0.2) is 35.3 Å². The van der Waals surface area contributed by atoms with Crippen LogP contribution in [0.4, 0.5) is 5.69 Å². The van der Waals surface area contributed by atoms with Crippen molar-refractivity contribution in [2.75, 3.05) is 12.3 Å². The zero-order valence-corrected chi connectivity index (χ0v) is 11.7. The lowest BCUT2D eigenvalue weighted by Crippen LogP contribution is -2.37. The number of carbonyl (C=O) groups is 1. The van der Waals surface area contributed by atoms with E-state index in [0.717, 1.165) is 4.47 Å². The Bertz CT molecular complexity index is 409. The van der Waals surface area contributed by atoms with E-state index < -0.39 is 0 Å². The molecule has 0 bridgehead atoms. The molecule has 0 atom stereocenters. The summed E-state index contributed by atoms with van der Waals surface area (Å²) in [5.41, 5.74) is 6.89. The van der Waals surface area contributed by atoms with Crippen molar-refractivity contribution in [1.29, 1.82) is 0 Å². The molecule has 1 rings (SSSR count). The molecule has 0 aliphatic rings. The van der Waals surface area contributed by atoms with E-state index in [1.165, 1.54) is 0 Å². The topological polar surface area (TPSA) is 46.3 Å². The highest BCUT2D eigenvalue weighted by Gasteiger charge is 2.17. The molecule has 1 amide bonds. The lowest BCUT2D eigenvalue weighted by Gasteiger charge is -2.25. The number of halogens is 1. The highest BCUT2D eigenvalue weighted by atomic mass is 79.9. The van der Waals surface area contributed by atoms with Crippen LogP contribution in [0.25, 0.3) is 0 Å². The van der Waals surface area contributed by atoms with E-state index in [1.807, 2.05) is 13.8 Å². The number of nitrogens with zero attached hydrogens (tertiary/aromatic N) is 1. The van der Waals surface area contributed by atoms with E-state index in [4.69, 9.17) is 5.73 Å². The first-order valence-corrected chi connectivity index (χ1v) is 6.23. The second-order valence-corrected chi connectivity index (χ2v) is 5.03. The van der Waals surface area contributed by atoms with Gasteiger partial charge in [-0.15, -0.1) is 6.58 Å². The van der Waals surface area contributed by atoms with Crippen LogP contribution in [0.1, 0.15) is 24.2 Å². The number of amides is 1. The van der Waals surface area contributed by atoms with Gasteiger partial charge in [0, 0.05) is 28.3 Å². The van der Waals surface area contributed by atoms with Gasteiger partial charge in [0.15, 0.2) is 0 Å². The van der Waals surface area contributed by atoms with Gasteiger partial charge in [0.25, 0.3) is 5.91 Å². The van der Waals surface area contributed by atoms with Crippen LogP contribution >= 0.6 is 15.9 Å². The molecule has 0 heterocycles. The molecule has 0 aromatic heterocycles. The van der Waals surface area contributed by atoms with Gasteiger partial charge in [-0.1, -0.05) is 22.0 Å². The number of carbonyl (C=O) groups excluding carboxylic acids is 1. The third kappa shape index (κ3) is 3.60. The molecule has 0 aliphatic carbocycles. The van der Waals surface area contributed by atoms with Crippen molar-refractivity contribution in [2.45, 2.75) is 19.9 Å². The summed E-state index contributed by atoms with van der Waals surface area (Å²) < 4.78 is 0.808. The first kappa shape index (κ1) is 13.8. The predicted molar refractivity (Wildman–Crippen MR) is 74.9 cm³/mol. The zero-order valence-electron chi connectivity index (χ0n) is 10.1. The van der Waals surface area contributed by atoms with Crippen LogP contribution in [-0.4, -0.2) is 23.4 Å². The van der Waals surface area contributed by atoms with Gasteiger partial charge < -0.3 is 10.6 Å². The molecule has 0 saturated carbocycles. The summed E-state index contributed by atoms with van der Waals surface area (Å²) in [5.74, 6) is -0.0344. The van der Waals surface area contributed by atoms with E-state index >= 15 is 0 Å². The minimum atomic E-state index is -0.0344. The number of benzene rings is 1. The highest BCUT2D eigenvalue weighted by Crippen LogP contribution is 2.19. The molecule has 17 heavy (non-hydrogen) atoms. The summed E-state index contributed by atoms with van der Waals surface area (Å²) in [5, 5.41) is 0. The molecular weight excluding hydrogens is 280 g/mol. The fraction of sp³-hybridized carbons (Fsp3) is 0.308. The van der Waals surface area contributed by atoms with Gasteiger partial charge in [-0.25, -0.2) is 0 Å². The summed E-state index contributed by atoms with van der Waals surface area (Å²) in [6, 6.07) is 5.35. The quantitative estimate of drug-likeness (QED) is 0.686. The van der Waals surface area contributed by atoms with E-state index in [-0.39, 0.29) is 11.9 Å². The zero-order chi connectivity index (χ0) is 13.0. The van der Waals surface area contributed by atoms with Crippen LogP contribution in [0, 0.1) is 0 Å². The Balaban J connectivity index is 3.04. The van der Waals surface area contributed by atoms with Crippen molar-refractivity contribution < 1.29 is 4.79 Å². The average molecular weight is 297 g/mol. The predicted octanol–water partition coefficient (Wildman–Crippen LogP) is 3.07. The second kappa shape index (κ2) is 5.87. The molecule has 0 radical (unpaired) electrons. The average Bonchev–Trinajstić information content (AvgIpc) is 2.23. The summed E-state index contributed by atoms with van der Waals surface area (Å²) in [6.07, 6.45) is 1.72. The van der Waals surface area contributed by atoms with Crippen molar-refractivity contribution in [3.8, 4) is 0 Å². The Kier molecular flexibility index (Phi) is 4.75. The third-order valence-electron chi connectivity index (χ3n) is 2.38. The number of nitrogen functional groups attached to an aromatic ring is 1. The maximum absolute atomic E-state index is 12.3. The molecule has 92 valence electrons. The van der Waals surface area contributed by atoms with Crippen molar-refractivity contribution in [1.82, 2.24) is 4.90 Å². The van der Waals surface area contributed by atoms with Gasteiger partial charge in [0.1, 0.15) is 0 Å². The van der Waals surface area contributed by atoms with Gasteiger partial charge >= 0.3 is 0 Å². The molecule has 1 aromatic carbocycles. The first-order valence-electron chi connectivity index (χ1n) is 5.43. The summed E-state index contributed by atoms with van der Waals surface area (Å²) >= 11 is 3.34. The normalized spacial score (nSPS) is 10.4. The summed E-state index contributed by atoms with van der Waals surface area (Å²) in [7, 11) is 0. The maximum atomic E-state index is 12.3. The molecule has 3 nitrogen and oxygen atoms in total. The minimum Gasteiger partial charge on any atom is -0.399 e. The molecule has 1 aromatic rings. The number of hydrogen-bond acceptors (Lipinski definition) is 2. The van der Waals surface area contributed by atoms with E-state index in [2.05, 4.69) is 22.5 Å². The lowest BCUT2D eigenvalue weighted by atomic mass is 10.1. The number of rotatable bonds is 4. The summed E-state index contributed by atoms with van der Waals surface area (Å²) in [4.78, 5) is 14.0. The molecule has 2 N–H and O–H groups in total. The van der Waals surface area contributed by atoms with E-state index in [0.29, 0.717) is 17.8 Å². The van der Waals surface area contributed by atoms with Gasteiger partial charge in [0.2, 0.25) is 0 Å². The number of anilines is 1. The van der Waals surface area contributed by atoms with Gasteiger partial charge in [-0.3, -0.25) is 4.79 Å². The first-order chi connectivity index (χ1) is 7.95. The van der Waals surface area contributed by atoms with Crippen molar-refractivity contribution in [2.24, 2.45) is 0 Å². The van der Waals surface area contributed by atoms with Crippen LogP contribution in [0.3, 0.4) is 0 Å². The fourth-order valence-corrected chi connectivity index (χ4v) is 2.08. The monoisotopic (exact) mass is 296 g/mol. The van der Waals surface area contributed by atoms with E-state index in [1.54, 1.807) is 29.2 Å². The standard InChI is InChI=1S/C13H17BrN2O/c1-4-5-16(9(2)3)13(17)10-6-11(14)8-12(15)7-10/h4,6-9H,1,5,15H2,2-3H3. The third-order valence-corrected chi connectivity index (χ3v) is 2.83.